The maximum Gasteiger partial charge on any atom is 0.133 e. The Bertz CT molecular complexity index is 682. The normalized spacial score (nSPS) is 13.8. The first kappa shape index (κ1) is 12.2. The number of amidine groups is 1. The third-order valence-electron chi connectivity index (χ3n) is 3.39. The number of fused-ring (bicyclic) bond motifs is 1. The topological polar surface area (TPSA) is 27.1 Å². The molecule has 3 rings (SSSR count). The lowest BCUT2D eigenvalue weighted by atomic mass is 10.1. The van der Waals surface area contributed by atoms with Crippen LogP contribution in [0, 0.1) is 18.2 Å². The Kier molecular flexibility index (Phi) is 2.79. The molecule has 0 radical (unpaired) electrons. The van der Waals surface area contributed by atoms with Crippen LogP contribution < -0.4 is 4.90 Å². The number of benzene rings is 2. The molecule has 96 valence electrons. The van der Waals surface area contributed by atoms with Crippen LogP contribution >= 0.6 is 11.6 Å². The Morgan fingerprint density at radius 2 is 2.00 bits per heavy atom. The summed E-state index contributed by atoms with van der Waals surface area (Å²) < 4.78 is 13.3. The minimum Gasteiger partial charge on any atom is -0.322 e. The molecule has 4 heteroatoms. The van der Waals surface area contributed by atoms with Crippen molar-refractivity contribution in [1.29, 1.82) is 5.41 Å². The number of aryl methyl sites for hydroxylation is 1. The first-order valence-corrected chi connectivity index (χ1v) is 6.35. The number of hydrogen-bond donors (Lipinski definition) is 1. The smallest absolute Gasteiger partial charge is 0.133 e. The number of halogens is 2. The summed E-state index contributed by atoms with van der Waals surface area (Å²) in [7, 11) is 0. The Morgan fingerprint density at radius 1 is 1.21 bits per heavy atom. The summed E-state index contributed by atoms with van der Waals surface area (Å²) >= 11 is 6.02. The highest BCUT2D eigenvalue weighted by Gasteiger charge is 2.26. The van der Waals surface area contributed by atoms with Crippen LogP contribution in [-0.4, -0.2) is 5.84 Å². The number of anilines is 1. The van der Waals surface area contributed by atoms with E-state index < -0.39 is 0 Å². The van der Waals surface area contributed by atoms with Gasteiger partial charge in [0.2, 0.25) is 0 Å². The molecule has 0 atom stereocenters. The number of nitrogens with zero attached hydrogens (tertiary/aromatic N) is 1. The Balaban J connectivity index is 2.06. The van der Waals surface area contributed by atoms with Gasteiger partial charge in [0.1, 0.15) is 11.7 Å². The van der Waals surface area contributed by atoms with E-state index in [1.54, 1.807) is 6.07 Å². The van der Waals surface area contributed by atoms with Crippen LogP contribution in [0.5, 0.6) is 0 Å². The standard InChI is InChI=1S/C15H12ClFN2/c1-9-2-4-11(16)6-14(9)19-8-10-3-5-12(17)7-13(10)15(19)18/h2-7,18H,8H2,1H3. The third kappa shape index (κ3) is 2.00. The average Bonchev–Trinajstić information content (AvgIpc) is 2.70. The highest BCUT2D eigenvalue weighted by molar-refractivity contribution is 6.31. The fourth-order valence-electron chi connectivity index (χ4n) is 2.38. The van der Waals surface area contributed by atoms with Crippen LogP contribution in [0.3, 0.4) is 0 Å². The molecule has 0 saturated heterocycles. The molecule has 1 N–H and O–H groups in total. The molecule has 0 spiro atoms. The molecule has 0 fully saturated rings. The molecule has 1 aliphatic heterocycles. The van der Waals surface area contributed by atoms with Gasteiger partial charge in [0.25, 0.3) is 0 Å². The van der Waals surface area contributed by atoms with Gasteiger partial charge in [0.05, 0.1) is 6.54 Å². The highest BCUT2D eigenvalue weighted by atomic mass is 35.5. The van der Waals surface area contributed by atoms with Crippen LogP contribution in [0.1, 0.15) is 16.7 Å². The summed E-state index contributed by atoms with van der Waals surface area (Å²) in [4.78, 5) is 1.85. The molecule has 0 amide bonds. The second-order valence-electron chi connectivity index (χ2n) is 4.67. The van der Waals surface area contributed by atoms with E-state index in [-0.39, 0.29) is 5.82 Å². The van der Waals surface area contributed by atoms with Crippen molar-refractivity contribution in [3.8, 4) is 0 Å². The summed E-state index contributed by atoms with van der Waals surface area (Å²) in [5.41, 5.74) is 3.56. The molecule has 1 aliphatic rings. The predicted molar refractivity (Wildman–Crippen MR) is 75.6 cm³/mol. The molecule has 2 aromatic rings. The second-order valence-corrected chi connectivity index (χ2v) is 5.10. The quantitative estimate of drug-likeness (QED) is 0.832. The zero-order valence-electron chi connectivity index (χ0n) is 10.4. The monoisotopic (exact) mass is 274 g/mol. The lowest BCUT2D eigenvalue weighted by Gasteiger charge is -2.20. The number of rotatable bonds is 1. The van der Waals surface area contributed by atoms with Gasteiger partial charge in [-0.1, -0.05) is 23.7 Å². The van der Waals surface area contributed by atoms with Crippen LogP contribution in [-0.2, 0) is 6.54 Å². The van der Waals surface area contributed by atoms with Crippen molar-refractivity contribution in [3.05, 3.63) is 63.9 Å². The maximum atomic E-state index is 13.3. The Morgan fingerprint density at radius 3 is 2.79 bits per heavy atom. The van der Waals surface area contributed by atoms with E-state index in [2.05, 4.69) is 0 Å². The van der Waals surface area contributed by atoms with Crippen molar-refractivity contribution in [2.24, 2.45) is 0 Å². The predicted octanol–water partition coefficient (Wildman–Crippen LogP) is 4.13. The molecule has 0 bridgehead atoms. The number of nitrogens with one attached hydrogen (secondary N) is 1. The van der Waals surface area contributed by atoms with Gasteiger partial charge in [-0.2, -0.15) is 0 Å². The van der Waals surface area contributed by atoms with Gasteiger partial charge in [-0.05, 0) is 42.3 Å². The lowest BCUT2D eigenvalue weighted by molar-refractivity contribution is 0.627. The minimum atomic E-state index is -0.312. The number of hydrogen-bond acceptors (Lipinski definition) is 1. The minimum absolute atomic E-state index is 0.312. The van der Waals surface area contributed by atoms with E-state index in [1.165, 1.54) is 12.1 Å². The van der Waals surface area contributed by atoms with Crippen molar-refractivity contribution >= 4 is 23.1 Å². The van der Waals surface area contributed by atoms with E-state index in [4.69, 9.17) is 17.0 Å². The van der Waals surface area contributed by atoms with Crippen molar-refractivity contribution in [2.45, 2.75) is 13.5 Å². The van der Waals surface area contributed by atoms with Crippen LogP contribution in [0.2, 0.25) is 5.02 Å². The van der Waals surface area contributed by atoms with E-state index in [0.29, 0.717) is 23.0 Å². The fourth-order valence-corrected chi connectivity index (χ4v) is 2.55. The zero-order chi connectivity index (χ0) is 13.6. The average molecular weight is 275 g/mol. The van der Waals surface area contributed by atoms with E-state index >= 15 is 0 Å². The van der Waals surface area contributed by atoms with Crippen LogP contribution in [0.15, 0.2) is 36.4 Å². The van der Waals surface area contributed by atoms with Crippen LogP contribution in [0.25, 0.3) is 0 Å². The highest BCUT2D eigenvalue weighted by Crippen LogP contribution is 2.32. The Hall–Kier alpha value is -1.87. The van der Waals surface area contributed by atoms with Gasteiger partial charge in [0.15, 0.2) is 0 Å². The maximum absolute atomic E-state index is 13.3. The van der Waals surface area contributed by atoms with Crippen molar-refractivity contribution in [1.82, 2.24) is 0 Å². The van der Waals surface area contributed by atoms with Crippen molar-refractivity contribution in [2.75, 3.05) is 4.90 Å². The molecule has 19 heavy (non-hydrogen) atoms. The first-order chi connectivity index (χ1) is 9.06. The summed E-state index contributed by atoms with van der Waals surface area (Å²) in [5, 5.41) is 8.84. The third-order valence-corrected chi connectivity index (χ3v) is 3.62. The van der Waals surface area contributed by atoms with Crippen molar-refractivity contribution in [3.63, 3.8) is 0 Å². The molecule has 0 unspecified atom stereocenters. The molecule has 1 heterocycles. The first-order valence-electron chi connectivity index (χ1n) is 5.97. The van der Waals surface area contributed by atoms with E-state index in [1.807, 2.05) is 30.0 Å². The summed E-state index contributed by atoms with van der Waals surface area (Å²) in [6, 6.07) is 10.2. The van der Waals surface area contributed by atoms with Crippen LogP contribution in [0.4, 0.5) is 10.1 Å². The van der Waals surface area contributed by atoms with Gasteiger partial charge in [0, 0.05) is 16.3 Å². The van der Waals surface area contributed by atoms with Gasteiger partial charge >= 0.3 is 0 Å². The van der Waals surface area contributed by atoms with Gasteiger partial charge in [-0.15, -0.1) is 0 Å². The summed E-state index contributed by atoms with van der Waals surface area (Å²) in [6.07, 6.45) is 0. The van der Waals surface area contributed by atoms with Gasteiger partial charge in [-0.3, -0.25) is 5.41 Å². The van der Waals surface area contributed by atoms with E-state index in [0.717, 1.165) is 16.8 Å². The second kappa shape index (κ2) is 4.35. The molecule has 0 aromatic heterocycles. The molecular formula is C15H12ClFN2. The van der Waals surface area contributed by atoms with E-state index in [9.17, 15) is 4.39 Å². The molecule has 2 nitrogen and oxygen atoms in total. The summed E-state index contributed by atoms with van der Waals surface area (Å²) in [6.45, 7) is 2.55. The van der Waals surface area contributed by atoms with Gasteiger partial charge < -0.3 is 4.90 Å². The SMILES string of the molecule is Cc1ccc(Cl)cc1N1Cc2ccc(F)cc2C1=N. The molecule has 2 aromatic carbocycles. The zero-order valence-corrected chi connectivity index (χ0v) is 11.1. The van der Waals surface area contributed by atoms with Gasteiger partial charge in [-0.25, -0.2) is 4.39 Å². The van der Waals surface area contributed by atoms with Crippen molar-refractivity contribution < 1.29 is 4.39 Å². The molecule has 0 saturated carbocycles. The largest absolute Gasteiger partial charge is 0.322 e. The summed E-state index contributed by atoms with van der Waals surface area (Å²) in [5.74, 6) is 0.00744. The molecular weight excluding hydrogens is 263 g/mol. The lowest BCUT2D eigenvalue weighted by Crippen LogP contribution is -2.23. The molecule has 0 aliphatic carbocycles. The fraction of sp³-hybridized carbons (Fsp3) is 0.133. The Labute approximate surface area is 115 Å².